The number of aliphatic carboxylic acids is 3. The molecule has 0 saturated carbocycles. The van der Waals surface area contributed by atoms with E-state index in [9.17, 15) is 43.4 Å². The van der Waals surface area contributed by atoms with Crippen LogP contribution in [0.4, 0.5) is 14.9 Å². The average Bonchev–Trinajstić information content (AvgIpc) is 3.30. The Kier molecular flexibility index (Phi) is 27.3. The number of likely N-dealkylation sites (N-methyl/N-ethyl adjacent to an activating group) is 3. The topological polar surface area (TPSA) is 236 Å². The highest BCUT2D eigenvalue weighted by atomic mass is 32.1. The molecule has 3 amide bonds. The van der Waals surface area contributed by atoms with Crippen LogP contribution < -0.4 is 26.6 Å². The molecule has 8 N–H and O–H groups in total. The summed E-state index contributed by atoms with van der Waals surface area (Å²) in [4.78, 5) is 82.0. The minimum absolute atomic E-state index is 0.00858. The molecule has 3 atom stereocenters. The van der Waals surface area contributed by atoms with Crippen LogP contribution in [-0.4, -0.2) is 180 Å². The zero-order valence-corrected chi connectivity index (χ0v) is 41.5. The molecule has 2 aromatic carbocycles. The fourth-order valence-electron chi connectivity index (χ4n) is 8.06. The van der Waals surface area contributed by atoms with Crippen LogP contribution in [0.15, 0.2) is 48.5 Å². The van der Waals surface area contributed by atoms with Crippen LogP contribution in [0.1, 0.15) is 82.3 Å². The third-order valence-electron chi connectivity index (χ3n) is 12.2. The number of ketones is 1. The summed E-state index contributed by atoms with van der Waals surface area (Å²) in [5.74, 6) is -4.54. The molecule has 384 valence electrons. The van der Waals surface area contributed by atoms with Gasteiger partial charge in [0.1, 0.15) is 17.6 Å². The lowest BCUT2D eigenvalue weighted by molar-refractivity contribution is -0.140. The number of carbonyl (C=O) groups excluding carboxylic acids is 3. The van der Waals surface area contributed by atoms with Gasteiger partial charge in [-0.25, -0.2) is 14.0 Å². The lowest BCUT2D eigenvalue weighted by atomic mass is 9.91. The highest BCUT2D eigenvalue weighted by molar-refractivity contribution is 7.80. The number of carboxylic acid groups (broad SMARTS) is 3. The number of anilines is 1. The first-order valence-electron chi connectivity index (χ1n) is 24.2. The second kappa shape index (κ2) is 32.5. The third kappa shape index (κ3) is 25.2. The summed E-state index contributed by atoms with van der Waals surface area (Å²) in [5.41, 5.74) is 2.65. The second-order valence-corrected chi connectivity index (χ2v) is 18.4. The highest BCUT2D eigenvalue weighted by Crippen LogP contribution is 2.18. The first-order chi connectivity index (χ1) is 33.0. The zero-order valence-electron chi connectivity index (χ0n) is 40.7. The number of carboxylic acids is 3. The maximum Gasteiger partial charge on any atom is 0.326 e. The van der Waals surface area contributed by atoms with E-state index in [1.807, 2.05) is 12.1 Å². The number of hydrogen-bond acceptors (Lipinski definition) is 11. The number of nitrogens with one attached hydrogen (secondary N) is 5. The number of carbonyl (C=O) groups is 6. The Morgan fingerprint density at radius 1 is 0.725 bits per heavy atom. The molecular weight excluding hydrogens is 910 g/mol. The van der Waals surface area contributed by atoms with Crippen LogP contribution in [-0.2, 0) is 36.8 Å². The molecule has 0 aromatic heterocycles. The summed E-state index contributed by atoms with van der Waals surface area (Å²) >= 11 is 5.56. The van der Waals surface area contributed by atoms with Crippen molar-refractivity contribution in [1.29, 1.82) is 0 Å². The summed E-state index contributed by atoms with van der Waals surface area (Å²) < 4.78 is 13.6. The number of unbranched alkanes of at least 4 members (excludes halogenated alkanes) is 3. The Morgan fingerprint density at radius 3 is 2.04 bits per heavy atom. The molecule has 1 heterocycles. The predicted octanol–water partition coefficient (Wildman–Crippen LogP) is 3.89. The Hall–Kier alpha value is -5.28. The number of nitrogens with zero attached hydrogens (tertiary/aromatic N) is 4. The largest absolute Gasteiger partial charge is 0.481 e. The normalized spacial score (nSPS) is 16.5. The standard InChI is InChI=1S/C49H76FN9O9S/c1-4-58-28-27-56(2)25-26-57(3)34-41(59(30-29-58)35-45(63)64)32-37-16-20-40(21-17-37)54-49(69)53-23-8-5-6-11-42(60)33-38(31-36-14-18-39(50)19-15-36)46(65)51-22-9-7-12-43(47(66)67)55-48(68)52-24-10-13-44(61)62/h14-21,38,41,43H,4-13,22-35H2,1-3H3,(H,51,65)(H,61,62)(H,63,64)(H,66,67)(H2,52,55,68)(H2,53,54,69)/t38-,41?,43+/m1/s1. The van der Waals surface area contributed by atoms with Gasteiger partial charge < -0.3 is 56.6 Å². The number of Topliss-reactive ketones (excluding diaryl/α,β-unsaturated/α-hetero) is 1. The van der Waals surface area contributed by atoms with E-state index in [2.05, 4.69) is 79.3 Å². The van der Waals surface area contributed by atoms with Crippen LogP contribution in [0.2, 0.25) is 0 Å². The Labute approximate surface area is 412 Å². The molecule has 0 aliphatic carbocycles. The van der Waals surface area contributed by atoms with E-state index in [0.29, 0.717) is 55.9 Å². The molecule has 1 fully saturated rings. The summed E-state index contributed by atoms with van der Waals surface area (Å²) in [6.07, 6.45) is 4.35. The van der Waals surface area contributed by atoms with Gasteiger partial charge in [-0.2, -0.15) is 0 Å². The summed E-state index contributed by atoms with van der Waals surface area (Å²) in [5, 5.41) is 42.7. The van der Waals surface area contributed by atoms with E-state index in [-0.39, 0.29) is 69.5 Å². The molecule has 20 heteroatoms. The maximum atomic E-state index is 13.6. The van der Waals surface area contributed by atoms with Crippen LogP contribution in [0.5, 0.6) is 0 Å². The average molecular weight is 986 g/mol. The van der Waals surface area contributed by atoms with Crippen molar-refractivity contribution in [3.05, 3.63) is 65.5 Å². The first-order valence-corrected chi connectivity index (χ1v) is 24.6. The Balaban J connectivity index is 1.42. The molecule has 18 nitrogen and oxygen atoms in total. The van der Waals surface area contributed by atoms with Gasteiger partial charge in [0.05, 0.1) is 6.54 Å². The molecule has 0 radical (unpaired) electrons. The number of halogens is 1. The minimum Gasteiger partial charge on any atom is -0.481 e. The monoisotopic (exact) mass is 986 g/mol. The number of benzene rings is 2. The van der Waals surface area contributed by atoms with E-state index in [1.165, 1.54) is 12.1 Å². The van der Waals surface area contributed by atoms with Crippen molar-refractivity contribution in [2.45, 2.75) is 96.1 Å². The number of amides is 3. The number of hydrogen-bond donors (Lipinski definition) is 8. The van der Waals surface area contributed by atoms with Gasteiger partial charge in [-0.15, -0.1) is 0 Å². The third-order valence-corrected chi connectivity index (χ3v) is 12.5. The van der Waals surface area contributed by atoms with Gasteiger partial charge in [0, 0.05) is 102 Å². The molecular formula is C49H76FN9O9S. The fourth-order valence-corrected chi connectivity index (χ4v) is 8.28. The van der Waals surface area contributed by atoms with Crippen molar-refractivity contribution in [3.8, 4) is 0 Å². The van der Waals surface area contributed by atoms with Crippen LogP contribution in [0.25, 0.3) is 0 Å². The smallest absolute Gasteiger partial charge is 0.326 e. The summed E-state index contributed by atoms with van der Waals surface area (Å²) in [7, 11) is 4.25. The van der Waals surface area contributed by atoms with Crippen LogP contribution in [0, 0.1) is 11.7 Å². The van der Waals surface area contributed by atoms with Gasteiger partial charge in [-0.3, -0.25) is 24.1 Å². The van der Waals surface area contributed by atoms with Gasteiger partial charge in [-0.1, -0.05) is 37.6 Å². The SMILES string of the molecule is CCN1CCN(C)CCN(C)CC(Cc2ccc(NC(=S)NCCCCCC(=O)C[C@@H](Cc3ccc(F)cc3)C(=O)NCCCC[C@H](NC(=O)NCCCC(=O)O)C(=O)O)cc2)N(CC(=O)O)CC1. The summed E-state index contributed by atoms with van der Waals surface area (Å²) in [6.45, 7) is 9.94. The molecule has 1 unspecified atom stereocenters. The van der Waals surface area contributed by atoms with Crippen molar-refractivity contribution >= 4 is 58.6 Å². The number of thiocarbonyl (C=S) groups is 1. The van der Waals surface area contributed by atoms with E-state index < -0.39 is 41.7 Å². The maximum absolute atomic E-state index is 13.6. The first kappa shape index (κ1) is 58.0. The lowest BCUT2D eigenvalue weighted by Crippen LogP contribution is -2.51. The molecule has 2 aromatic rings. The Bertz CT molecular complexity index is 1910. The predicted molar refractivity (Wildman–Crippen MR) is 268 cm³/mol. The molecule has 1 saturated heterocycles. The molecule has 0 bridgehead atoms. The lowest BCUT2D eigenvalue weighted by Gasteiger charge is -2.36. The van der Waals surface area contributed by atoms with Gasteiger partial charge in [-0.05, 0) is 120 Å². The van der Waals surface area contributed by atoms with Gasteiger partial charge in [0.2, 0.25) is 5.91 Å². The Morgan fingerprint density at radius 2 is 1.36 bits per heavy atom. The molecule has 1 aliphatic rings. The van der Waals surface area contributed by atoms with E-state index >= 15 is 0 Å². The number of urea groups is 1. The van der Waals surface area contributed by atoms with Crippen LogP contribution in [0.3, 0.4) is 0 Å². The van der Waals surface area contributed by atoms with Gasteiger partial charge >= 0.3 is 23.9 Å². The second-order valence-electron chi connectivity index (χ2n) is 18.0. The van der Waals surface area contributed by atoms with Crippen molar-refractivity contribution in [3.63, 3.8) is 0 Å². The van der Waals surface area contributed by atoms with Crippen molar-refractivity contribution in [1.82, 2.24) is 40.9 Å². The van der Waals surface area contributed by atoms with Gasteiger partial charge in [0.15, 0.2) is 5.11 Å². The number of rotatable bonds is 28. The molecule has 1 aliphatic heterocycles. The fraction of sp³-hybridized carbons (Fsp3) is 0.612. The van der Waals surface area contributed by atoms with Gasteiger partial charge in [0.25, 0.3) is 0 Å². The quantitative estimate of drug-likeness (QED) is 0.0446. The van der Waals surface area contributed by atoms with Crippen LogP contribution >= 0.6 is 12.2 Å². The molecule has 69 heavy (non-hydrogen) atoms. The zero-order chi connectivity index (χ0) is 50.6. The molecule has 0 spiro atoms. The molecule has 3 rings (SSSR count). The van der Waals surface area contributed by atoms with E-state index in [0.717, 1.165) is 69.9 Å². The van der Waals surface area contributed by atoms with Crippen molar-refractivity contribution in [2.75, 3.05) is 97.9 Å². The van der Waals surface area contributed by atoms with E-state index in [1.54, 1.807) is 12.1 Å². The summed E-state index contributed by atoms with van der Waals surface area (Å²) in [6, 6.07) is 12.0. The van der Waals surface area contributed by atoms with E-state index in [4.69, 9.17) is 17.3 Å². The minimum atomic E-state index is -1.22. The van der Waals surface area contributed by atoms with Crippen molar-refractivity contribution < 1.29 is 48.5 Å². The highest BCUT2D eigenvalue weighted by Gasteiger charge is 2.26. The van der Waals surface area contributed by atoms with Crippen molar-refractivity contribution in [2.24, 2.45) is 5.92 Å².